The van der Waals surface area contributed by atoms with Gasteiger partial charge < -0.3 is 4.90 Å². The number of fused-ring (bicyclic) bond motifs is 1. The highest BCUT2D eigenvalue weighted by Crippen LogP contribution is 2.33. The second-order valence-electron chi connectivity index (χ2n) is 3.83. The minimum Gasteiger partial charge on any atom is -0.363 e. The zero-order valence-electron chi connectivity index (χ0n) is 9.74. The molecular weight excluding hydrogens is 277 g/mol. The minimum absolute atomic E-state index is 0.106. The van der Waals surface area contributed by atoms with Crippen molar-refractivity contribution in [2.24, 2.45) is 5.10 Å². The molecule has 2 rings (SSSR count). The van der Waals surface area contributed by atoms with Gasteiger partial charge in [-0.2, -0.15) is 5.10 Å². The Kier molecular flexibility index (Phi) is 3.72. The molecule has 0 amide bonds. The average Bonchev–Trinajstić information content (AvgIpc) is 2.36. The SMILES string of the molecule is CC1/C(=N/NSF)C(=N)c2ccnc(Cl)c2N1C. The van der Waals surface area contributed by atoms with Crippen molar-refractivity contribution >= 4 is 41.0 Å². The van der Waals surface area contributed by atoms with Crippen molar-refractivity contribution in [2.75, 3.05) is 11.9 Å². The number of hydrogen-bond acceptors (Lipinski definition) is 6. The van der Waals surface area contributed by atoms with Crippen molar-refractivity contribution in [2.45, 2.75) is 13.0 Å². The van der Waals surface area contributed by atoms with Crippen LogP contribution < -0.4 is 9.73 Å². The number of rotatable bonds is 2. The smallest absolute Gasteiger partial charge is 0.179 e. The van der Waals surface area contributed by atoms with Crippen LogP contribution in [0, 0.1) is 5.41 Å². The van der Waals surface area contributed by atoms with Gasteiger partial charge in [-0.1, -0.05) is 11.6 Å². The normalized spacial score (nSPS) is 21.1. The van der Waals surface area contributed by atoms with E-state index in [1.165, 1.54) is 6.20 Å². The highest BCUT2D eigenvalue weighted by molar-refractivity contribution is 7.92. The van der Waals surface area contributed by atoms with E-state index < -0.39 is 0 Å². The van der Waals surface area contributed by atoms with Crippen molar-refractivity contribution < 1.29 is 3.89 Å². The number of nitrogens with one attached hydrogen (secondary N) is 2. The molecule has 2 heterocycles. The van der Waals surface area contributed by atoms with Gasteiger partial charge in [0.2, 0.25) is 0 Å². The summed E-state index contributed by atoms with van der Waals surface area (Å²) in [6.45, 7) is 1.87. The quantitative estimate of drug-likeness (QED) is 0.498. The molecule has 0 aliphatic carbocycles. The fourth-order valence-electron chi connectivity index (χ4n) is 1.91. The Morgan fingerprint density at radius 1 is 1.67 bits per heavy atom. The summed E-state index contributed by atoms with van der Waals surface area (Å²) < 4.78 is 12.0. The first-order valence-electron chi connectivity index (χ1n) is 5.14. The molecule has 2 N–H and O–H groups in total. The molecule has 0 aromatic carbocycles. The van der Waals surface area contributed by atoms with Gasteiger partial charge in [0.25, 0.3) is 0 Å². The van der Waals surface area contributed by atoms with Crippen LogP contribution in [-0.4, -0.2) is 29.5 Å². The molecular formula is C10H11ClFN5S. The van der Waals surface area contributed by atoms with Gasteiger partial charge in [0.05, 0.1) is 17.4 Å². The molecule has 0 bridgehead atoms. The third-order valence-electron chi connectivity index (χ3n) is 2.94. The predicted molar refractivity (Wildman–Crippen MR) is 73.2 cm³/mol. The highest BCUT2D eigenvalue weighted by atomic mass is 35.5. The van der Waals surface area contributed by atoms with Gasteiger partial charge in [-0.15, -0.1) is 3.89 Å². The summed E-state index contributed by atoms with van der Waals surface area (Å²) in [4.78, 5) is 8.04. The Morgan fingerprint density at radius 3 is 3.06 bits per heavy atom. The van der Waals surface area contributed by atoms with Gasteiger partial charge in [0.15, 0.2) is 17.5 Å². The van der Waals surface area contributed by atoms with Gasteiger partial charge in [-0.05, 0) is 13.0 Å². The van der Waals surface area contributed by atoms with Gasteiger partial charge in [-0.3, -0.25) is 5.41 Å². The molecule has 0 saturated carbocycles. The van der Waals surface area contributed by atoms with E-state index in [4.69, 9.17) is 17.0 Å². The maximum Gasteiger partial charge on any atom is 0.179 e. The Morgan fingerprint density at radius 2 is 2.39 bits per heavy atom. The minimum atomic E-state index is -0.189. The van der Waals surface area contributed by atoms with Crippen molar-refractivity contribution in [1.82, 2.24) is 9.82 Å². The summed E-state index contributed by atoms with van der Waals surface area (Å²) in [7, 11) is 1.83. The maximum atomic E-state index is 12.0. The number of hydrazone groups is 1. The molecule has 8 heteroatoms. The van der Waals surface area contributed by atoms with Crippen molar-refractivity contribution in [3.05, 3.63) is 23.0 Å². The standard InChI is InChI=1S/C10H11ClFN5S/c1-5-8(15-16-18-12)7(13)6-3-4-14-10(11)9(6)17(5)2/h3-5,13,16H,1-2H3/b13-7?,15-8-. The lowest BCUT2D eigenvalue weighted by Crippen LogP contribution is -2.46. The Balaban J connectivity index is 2.54. The number of halogens is 2. The predicted octanol–water partition coefficient (Wildman–Crippen LogP) is 2.42. The zero-order chi connectivity index (χ0) is 13.3. The number of hydrogen-bond donors (Lipinski definition) is 2. The molecule has 1 atom stereocenters. The Hall–Kier alpha value is -1.34. The van der Waals surface area contributed by atoms with Gasteiger partial charge in [0, 0.05) is 18.8 Å². The summed E-state index contributed by atoms with van der Waals surface area (Å²) in [6.07, 6.45) is 1.54. The molecule has 0 radical (unpaired) electrons. The first-order valence-corrected chi connectivity index (χ1v) is 6.24. The van der Waals surface area contributed by atoms with Crippen molar-refractivity contribution in [3.8, 4) is 0 Å². The fraction of sp³-hybridized carbons (Fsp3) is 0.300. The van der Waals surface area contributed by atoms with E-state index in [1.54, 1.807) is 6.07 Å². The van der Waals surface area contributed by atoms with E-state index in [1.807, 2.05) is 18.9 Å². The summed E-state index contributed by atoms with van der Waals surface area (Å²) >= 11 is 5.94. The van der Waals surface area contributed by atoms with Crippen LogP contribution in [0.25, 0.3) is 0 Å². The average molecular weight is 288 g/mol. The molecule has 1 aromatic rings. The van der Waals surface area contributed by atoms with E-state index in [0.29, 0.717) is 22.1 Å². The highest BCUT2D eigenvalue weighted by Gasteiger charge is 2.32. The number of aromatic nitrogens is 1. The number of nitrogens with zero attached hydrogens (tertiary/aromatic N) is 3. The molecule has 1 aliphatic rings. The van der Waals surface area contributed by atoms with Crippen LogP contribution in [0.4, 0.5) is 9.57 Å². The van der Waals surface area contributed by atoms with Crippen LogP contribution in [0.5, 0.6) is 0 Å². The van der Waals surface area contributed by atoms with E-state index in [2.05, 4.69) is 14.9 Å². The lowest BCUT2D eigenvalue weighted by atomic mass is 9.94. The molecule has 1 aliphatic heterocycles. The monoisotopic (exact) mass is 287 g/mol. The van der Waals surface area contributed by atoms with E-state index in [-0.39, 0.29) is 24.1 Å². The molecule has 18 heavy (non-hydrogen) atoms. The molecule has 5 nitrogen and oxygen atoms in total. The van der Waals surface area contributed by atoms with Crippen LogP contribution in [0.15, 0.2) is 17.4 Å². The Labute approximate surface area is 113 Å². The van der Waals surface area contributed by atoms with Crippen LogP contribution >= 0.6 is 23.9 Å². The molecule has 1 unspecified atom stereocenters. The molecule has 1 aromatic heterocycles. The Bertz CT molecular complexity index is 521. The van der Waals surface area contributed by atoms with Crippen LogP contribution in [0.3, 0.4) is 0 Å². The summed E-state index contributed by atoms with van der Waals surface area (Å²) in [5.41, 5.74) is 2.02. The lowest BCUT2D eigenvalue weighted by Gasteiger charge is -2.35. The third kappa shape index (κ3) is 2.04. The summed E-state index contributed by atoms with van der Waals surface area (Å²) in [5.74, 6) is 0. The van der Waals surface area contributed by atoms with E-state index in [0.717, 1.165) is 0 Å². The second kappa shape index (κ2) is 5.11. The number of anilines is 1. The molecule has 0 fully saturated rings. The second-order valence-corrected chi connectivity index (χ2v) is 4.52. The lowest BCUT2D eigenvalue weighted by molar-refractivity contribution is 0.837. The molecule has 96 valence electrons. The summed E-state index contributed by atoms with van der Waals surface area (Å²) in [5, 5.41) is 12.3. The maximum absolute atomic E-state index is 12.0. The van der Waals surface area contributed by atoms with Crippen molar-refractivity contribution in [3.63, 3.8) is 0 Å². The number of pyridine rings is 1. The van der Waals surface area contributed by atoms with E-state index in [9.17, 15) is 3.89 Å². The van der Waals surface area contributed by atoms with Gasteiger partial charge >= 0.3 is 0 Å². The van der Waals surface area contributed by atoms with Crippen LogP contribution in [0.1, 0.15) is 12.5 Å². The van der Waals surface area contributed by atoms with Crippen LogP contribution in [0.2, 0.25) is 5.15 Å². The fourth-order valence-corrected chi connectivity index (χ4v) is 2.33. The first-order chi connectivity index (χ1) is 8.57. The van der Waals surface area contributed by atoms with Gasteiger partial charge in [0.1, 0.15) is 5.71 Å². The van der Waals surface area contributed by atoms with Crippen molar-refractivity contribution in [1.29, 1.82) is 5.41 Å². The first kappa shape index (κ1) is 13.1. The summed E-state index contributed by atoms with van der Waals surface area (Å²) in [6, 6.07) is 1.51. The molecule has 0 saturated heterocycles. The van der Waals surface area contributed by atoms with Gasteiger partial charge in [-0.25, -0.2) is 9.82 Å². The zero-order valence-corrected chi connectivity index (χ0v) is 11.3. The molecule has 0 spiro atoms. The third-order valence-corrected chi connectivity index (χ3v) is 3.37. The topological polar surface area (TPSA) is 64.4 Å². The largest absolute Gasteiger partial charge is 0.363 e. The van der Waals surface area contributed by atoms with Crippen LogP contribution in [-0.2, 0) is 0 Å². The van der Waals surface area contributed by atoms with E-state index >= 15 is 0 Å².